The van der Waals surface area contributed by atoms with Crippen LogP contribution >= 0.6 is 0 Å². The number of rotatable bonds is 8. The van der Waals surface area contributed by atoms with E-state index in [-0.39, 0.29) is 11.9 Å². The molecule has 7 heteroatoms. The molecule has 0 fully saturated rings. The highest BCUT2D eigenvalue weighted by molar-refractivity contribution is 5.89. The molecule has 0 aliphatic rings. The van der Waals surface area contributed by atoms with E-state index in [4.69, 9.17) is 9.47 Å². The second kappa shape index (κ2) is 8.86. The van der Waals surface area contributed by atoms with E-state index >= 15 is 0 Å². The molecule has 1 amide bonds. The summed E-state index contributed by atoms with van der Waals surface area (Å²) in [6.45, 7) is 4.04. The van der Waals surface area contributed by atoms with Crippen LogP contribution in [0.15, 0.2) is 30.3 Å². The maximum absolute atomic E-state index is 12.1. The normalized spacial score (nSPS) is 10.4. The molecule has 0 spiro atoms. The molecule has 134 valence electrons. The Balaban J connectivity index is 1.88. The highest BCUT2D eigenvalue weighted by Crippen LogP contribution is 2.28. The fourth-order valence-electron chi connectivity index (χ4n) is 2.27. The molecule has 0 radical (unpaired) electrons. The van der Waals surface area contributed by atoms with Gasteiger partial charge in [0.2, 0.25) is 5.91 Å². The maximum atomic E-state index is 12.1. The predicted octanol–water partition coefficient (Wildman–Crippen LogP) is 2.89. The fraction of sp³-hybridized carbons (Fsp3) is 0.389. The van der Waals surface area contributed by atoms with Crippen molar-refractivity contribution in [3.05, 3.63) is 35.9 Å². The maximum Gasteiger partial charge on any atom is 0.225 e. The minimum absolute atomic E-state index is 0.117. The SMILES string of the molecule is COc1ccc(CCC(=O)Nc2ccc(NC(C)C)nn2)cc1OC. The third-order valence-corrected chi connectivity index (χ3v) is 3.46. The van der Waals surface area contributed by atoms with Crippen molar-refractivity contribution >= 4 is 17.5 Å². The second-order valence-electron chi connectivity index (χ2n) is 5.84. The van der Waals surface area contributed by atoms with Gasteiger partial charge in [-0.05, 0) is 50.1 Å². The summed E-state index contributed by atoms with van der Waals surface area (Å²) in [5.74, 6) is 2.32. The first kappa shape index (κ1) is 18.5. The number of carbonyl (C=O) groups is 1. The summed E-state index contributed by atoms with van der Waals surface area (Å²) in [6, 6.07) is 9.41. The van der Waals surface area contributed by atoms with Crippen molar-refractivity contribution in [2.45, 2.75) is 32.7 Å². The van der Waals surface area contributed by atoms with Crippen molar-refractivity contribution in [2.24, 2.45) is 0 Å². The number of amides is 1. The van der Waals surface area contributed by atoms with E-state index in [0.29, 0.717) is 36.0 Å². The molecule has 0 aliphatic heterocycles. The van der Waals surface area contributed by atoms with Gasteiger partial charge in [0.15, 0.2) is 17.3 Å². The molecular weight excluding hydrogens is 320 g/mol. The van der Waals surface area contributed by atoms with Gasteiger partial charge in [0, 0.05) is 12.5 Å². The first-order valence-electron chi connectivity index (χ1n) is 8.13. The summed E-state index contributed by atoms with van der Waals surface area (Å²) in [5, 5.41) is 13.9. The number of anilines is 2. The molecular formula is C18H24N4O3. The van der Waals surface area contributed by atoms with E-state index < -0.39 is 0 Å². The van der Waals surface area contributed by atoms with Gasteiger partial charge in [-0.15, -0.1) is 10.2 Å². The van der Waals surface area contributed by atoms with Crippen LogP contribution in [0.2, 0.25) is 0 Å². The molecule has 1 aromatic carbocycles. The Labute approximate surface area is 147 Å². The van der Waals surface area contributed by atoms with Gasteiger partial charge in [0.05, 0.1) is 14.2 Å². The van der Waals surface area contributed by atoms with Crippen LogP contribution in [0.4, 0.5) is 11.6 Å². The van der Waals surface area contributed by atoms with Gasteiger partial charge in [-0.2, -0.15) is 0 Å². The quantitative estimate of drug-likeness (QED) is 0.766. The zero-order valence-corrected chi connectivity index (χ0v) is 15.0. The Bertz CT molecular complexity index is 702. The largest absolute Gasteiger partial charge is 0.493 e. The highest BCUT2D eigenvalue weighted by Gasteiger charge is 2.08. The molecule has 0 unspecified atom stereocenters. The van der Waals surface area contributed by atoms with Crippen LogP contribution in [0, 0.1) is 0 Å². The lowest BCUT2D eigenvalue weighted by atomic mass is 10.1. The standard InChI is InChI=1S/C18H24N4O3/c1-12(2)19-16-8-9-17(22-21-16)20-18(23)10-6-13-5-7-14(24-3)15(11-13)25-4/h5,7-9,11-12H,6,10H2,1-4H3,(H,19,21)(H,20,22,23). The molecule has 1 aromatic heterocycles. The van der Waals surface area contributed by atoms with Crippen LogP contribution in [0.25, 0.3) is 0 Å². The van der Waals surface area contributed by atoms with Crippen LogP contribution in [0.1, 0.15) is 25.8 Å². The fourth-order valence-corrected chi connectivity index (χ4v) is 2.27. The van der Waals surface area contributed by atoms with Gasteiger partial charge in [-0.3, -0.25) is 4.79 Å². The Morgan fingerprint density at radius 1 is 1.04 bits per heavy atom. The Hall–Kier alpha value is -2.83. The lowest BCUT2D eigenvalue weighted by molar-refractivity contribution is -0.116. The van der Waals surface area contributed by atoms with Crippen molar-refractivity contribution in [3.8, 4) is 11.5 Å². The van der Waals surface area contributed by atoms with E-state index in [2.05, 4.69) is 20.8 Å². The van der Waals surface area contributed by atoms with Crippen LogP contribution in [-0.2, 0) is 11.2 Å². The number of carbonyl (C=O) groups excluding carboxylic acids is 1. The average molecular weight is 344 g/mol. The highest BCUT2D eigenvalue weighted by atomic mass is 16.5. The second-order valence-corrected chi connectivity index (χ2v) is 5.84. The Morgan fingerprint density at radius 2 is 1.72 bits per heavy atom. The van der Waals surface area contributed by atoms with E-state index in [1.165, 1.54) is 0 Å². The van der Waals surface area contributed by atoms with Gasteiger partial charge in [-0.25, -0.2) is 0 Å². The molecule has 0 aliphatic carbocycles. The number of benzene rings is 1. The third-order valence-electron chi connectivity index (χ3n) is 3.46. The van der Waals surface area contributed by atoms with E-state index in [1.807, 2.05) is 32.0 Å². The summed E-state index contributed by atoms with van der Waals surface area (Å²) in [4.78, 5) is 12.1. The number of nitrogens with one attached hydrogen (secondary N) is 2. The van der Waals surface area contributed by atoms with Gasteiger partial charge < -0.3 is 20.1 Å². The molecule has 2 aromatic rings. The van der Waals surface area contributed by atoms with Gasteiger partial charge in [0.25, 0.3) is 0 Å². The number of hydrogen-bond acceptors (Lipinski definition) is 6. The Morgan fingerprint density at radius 3 is 2.32 bits per heavy atom. The number of hydrogen-bond donors (Lipinski definition) is 2. The smallest absolute Gasteiger partial charge is 0.225 e. The Kier molecular flexibility index (Phi) is 6.56. The van der Waals surface area contributed by atoms with Crippen LogP contribution < -0.4 is 20.1 Å². The zero-order valence-electron chi connectivity index (χ0n) is 15.0. The van der Waals surface area contributed by atoms with E-state index in [9.17, 15) is 4.79 Å². The van der Waals surface area contributed by atoms with Crippen molar-refractivity contribution in [2.75, 3.05) is 24.9 Å². The summed E-state index contributed by atoms with van der Waals surface area (Å²) >= 11 is 0. The number of aromatic nitrogens is 2. The van der Waals surface area contributed by atoms with E-state index in [0.717, 1.165) is 5.56 Å². The molecule has 0 atom stereocenters. The number of methoxy groups -OCH3 is 2. The monoisotopic (exact) mass is 344 g/mol. The van der Waals surface area contributed by atoms with E-state index in [1.54, 1.807) is 26.4 Å². The average Bonchev–Trinajstić information content (AvgIpc) is 2.61. The third kappa shape index (κ3) is 5.63. The van der Waals surface area contributed by atoms with Crippen LogP contribution in [0.3, 0.4) is 0 Å². The lowest BCUT2D eigenvalue weighted by Gasteiger charge is -2.10. The minimum atomic E-state index is -0.117. The van der Waals surface area contributed by atoms with Crippen molar-refractivity contribution in [3.63, 3.8) is 0 Å². The summed E-state index contributed by atoms with van der Waals surface area (Å²) in [7, 11) is 3.18. The first-order valence-corrected chi connectivity index (χ1v) is 8.13. The van der Waals surface area contributed by atoms with Crippen molar-refractivity contribution in [1.82, 2.24) is 10.2 Å². The summed E-state index contributed by atoms with van der Waals surface area (Å²) in [5.41, 5.74) is 0.996. The van der Waals surface area contributed by atoms with Crippen LogP contribution in [0.5, 0.6) is 11.5 Å². The summed E-state index contributed by atoms with van der Waals surface area (Å²) < 4.78 is 10.5. The first-order chi connectivity index (χ1) is 12.0. The van der Waals surface area contributed by atoms with Gasteiger partial charge >= 0.3 is 0 Å². The minimum Gasteiger partial charge on any atom is -0.493 e. The molecule has 7 nitrogen and oxygen atoms in total. The van der Waals surface area contributed by atoms with Crippen molar-refractivity contribution in [1.29, 1.82) is 0 Å². The van der Waals surface area contributed by atoms with Crippen molar-refractivity contribution < 1.29 is 14.3 Å². The lowest BCUT2D eigenvalue weighted by Crippen LogP contribution is -2.15. The molecule has 0 saturated heterocycles. The molecule has 0 saturated carbocycles. The molecule has 2 rings (SSSR count). The predicted molar refractivity (Wildman–Crippen MR) is 97.3 cm³/mol. The van der Waals surface area contributed by atoms with Gasteiger partial charge in [-0.1, -0.05) is 6.07 Å². The van der Waals surface area contributed by atoms with Gasteiger partial charge in [0.1, 0.15) is 5.82 Å². The number of aryl methyl sites for hydroxylation is 1. The molecule has 1 heterocycles. The van der Waals surface area contributed by atoms with Crippen LogP contribution in [-0.4, -0.2) is 36.4 Å². The molecule has 2 N–H and O–H groups in total. The molecule has 0 bridgehead atoms. The topological polar surface area (TPSA) is 85.4 Å². The number of nitrogens with zero attached hydrogens (tertiary/aromatic N) is 2. The number of ether oxygens (including phenoxy) is 2. The zero-order chi connectivity index (χ0) is 18.2. The molecule has 25 heavy (non-hydrogen) atoms. The summed E-state index contributed by atoms with van der Waals surface area (Å²) in [6.07, 6.45) is 0.926.